The van der Waals surface area contributed by atoms with Crippen LogP contribution in [-0.4, -0.2) is 38.4 Å². The number of esters is 1. The highest BCUT2D eigenvalue weighted by molar-refractivity contribution is 5.80. The molecule has 1 unspecified atom stereocenters. The van der Waals surface area contributed by atoms with Gasteiger partial charge in [-0.3, -0.25) is 10.1 Å². The van der Waals surface area contributed by atoms with Crippen molar-refractivity contribution in [3.63, 3.8) is 0 Å². The zero-order valence-electron chi connectivity index (χ0n) is 12.2. The van der Waals surface area contributed by atoms with Crippen molar-refractivity contribution in [2.24, 2.45) is 0 Å². The number of methoxy groups -OCH3 is 1. The van der Waals surface area contributed by atoms with E-state index in [-0.39, 0.29) is 11.8 Å². The first kappa shape index (κ1) is 16.6. The van der Waals surface area contributed by atoms with Gasteiger partial charge in [-0.05, 0) is 31.5 Å². The van der Waals surface area contributed by atoms with Crippen LogP contribution < -0.4 is 5.32 Å². The van der Waals surface area contributed by atoms with Crippen molar-refractivity contribution in [3.05, 3.63) is 35.6 Å². The second-order valence-electron chi connectivity index (χ2n) is 4.78. The Kier molecular flexibility index (Phi) is 6.61. The number of ether oxygens (including phenoxy) is 2. The third-order valence-electron chi connectivity index (χ3n) is 2.99. The summed E-state index contributed by atoms with van der Waals surface area (Å²) >= 11 is 0. The van der Waals surface area contributed by atoms with Gasteiger partial charge in [-0.2, -0.15) is 0 Å². The van der Waals surface area contributed by atoms with Gasteiger partial charge < -0.3 is 9.47 Å². The van der Waals surface area contributed by atoms with Crippen LogP contribution in [0.3, 0.4) is 0 Å². The van der Waals surface area contributed by atoms with Crippen molar-refractivity contribution in [1.29, 1.82) is 0 Å². The summed E-state index contributed by atoms with van der Waals surface area (Å²) in [5, 5.41) is 3.13. The average molecular weight is 283 g/mol. The van der Waals surface area contributed by atoms with Gasteiger partial charge in [0.05, 0.1) is 13.2 Å². The van der Waals surface area contributed by atoms with Crippen LogP contribution in [0.5, 0.6) is 0 Å². The van der Waals surface area contributed by atoms with Crippen LogP contribution >= 0.6 is 0 Å². The van der Waals surface area contributed by atoms with Crippen LogP contribution in [0, 0.1) is 5.82 Å². The molecule has 0 aliphatic rings. The number of nitrogens with one attached hydrogen (secondary N) is 1. The molecule has 112 valence electrons. The Morgan fingerprint density at radius 1 is 1.45 bits per heavy atom. The lowest BCUT2D eigenvalue weighted by Gasteiger charge is -2.28. The van der Waals surface area contributed by atoms with Gasteiger partial charge in [-0.15, -0.1) is 0 Å². The normalized spacial score (nSPS) is 13.8. The highest BCUT2D eigenvalue weighted by Crippen LogP contribution is 2.16. The van der Waals surface area contributed by atoms with Gasteiger partial charge in [0.1, 0.15) is 11.4 Å². The maximum absolute atomic E-state index is 13.2. The highest BCUT2D eigenvalue weighted by atomic mass is 19.1. The van der Waals surface area contributed by atoms with Crippen molar-refractivity contribution >= 4 is 5.97 Å². The third kappa shape index (κ3) is 4.90. The monoisotopic (exact) mass is 283 g/mol. The summed E-state index contributed by atoms with van der Waals surface area (Å²) in [6, 6.07) is 6.23. The Balaban J connectivity index is 2.83. The van der Waals surface area contributed by atoms with E-state index >= 15 is 0 Å². The van der Waals surface area contributed by atoms with Gasteiger partial charge in [-0.1, -0.05) is 12.1 Å². The number of carbonyl (C=O) groups is 1. The average Bonchev–Trinajstić information content (AvgIpc) is 2.39. The molecule has 0 heterocycles. The van der Waals surface area contributed by atoms with Crippen LogP contribution in [0.2, 0.25) is 0 Å². The van der Waals surface area contributed by atoms with E-state index in [1.54, 1.807) is 33.1 Å². The van der Waals surface area contributed by atoms with E-state index in [0.717, 1.165) is 5.56 Å². The van der Waals surface area contributed by atoms with Gasteiger partial charge in [0.25, 0.3) is 0 Å². The minimum atomic E-state index is -0.900. The van der Waals surface area contributed by atoms with Gasteiger partial charge in [0.15, 0.2) is 0 Å². The van der Waals surface area contributed by atoms with Crippen LogP contribution in [0.25, 0.3) is 0 Å². The molecule has 1 N–H and O–H groups in total. The Morgan fingerprint density at radius 3 is 2.80 bits per heavy atom. The summed E-state index contributed by atoms with van der Waals surface area (Å²) < 4.78 is 23.3. The van der Waals surface area contributed by atoms with E-state index in [1.165, 1.54) is 12.1 Å². The molecule has 20 heavy (non-hydrogen) atoms. The molecule has 5 heteroatoms. The standard InChI is InChI=1S/C15H22FNO3/c1-4-20-14(18)15(2,17-8-9-19-3)11-12-6-5-7-13(16)10-12/h5-7,10,17H,4,8-9,11H2,1-3H3. The minimum Gasteiger partial charge on any atom is -0.465 e. The van der Waals surface area contributed by atoms with E-state index < -0.39 is 5.54 Å². The second kappa shape index (κ2) is 7.97. The van der Waals surface area contributed by atoms with E-state index in [0.29, 0.717) is 26.2 Å². The highest BCUT2D eigenvalue weighted by Gasteiger charge is 2.34. The predicted molar refractivity (Wildman–Crippen MR) is 75.0 cm³/mol. The molecule has 0 bridgehead atoms. The number of hydrogen-bond donors (Lipinski definition) is 1. The molecule has 0 radical (unpaired) electrons. The maximum Gasteiger partial charge on any atom is 0.326 e. The predicted octanol–water partition coefficient (Wildman–Crippen LogP) is 1.93. The molecule has 0 fully saturated rings. The van der Waals surface area contributed by atoms with Crippen molar-refractivity contribution in [3.8, 4) is 0 Å². The van der Waals surface area contributed by atoms with Crippen molar-refractivity contribution in [2.75, 3.05) is 26.9 Å². The number of halogens is 1. The molecule has 0 amide bonds. The summed E-state index contributed by atoms with van der Waals surface area (Å²) in [5.41, 5.74) is -0.159. The molecule has 4 nitrogen and oxygen atoms in total. The fraction of sp³-hybridized carbons (Fsp3) is 0.533. The van der Waals surface area contributed by atoms with Crippen LogP contribution in [0.15, 0.2) is 24.3 Å². The molecule has 0 aliphatic carbocycles. The largest absolute Gasteiger partial charge is 0.465 e. The lowest BCUT2D eigenvalue weighted by Crippen LogP contribution is -2.53. The molecule has 1 aromatic carbocycles. The molecular formula is C15H22FNO3. The Hall–Kier alpha value is -1.46. The summed E-state index contributed by atoms with van der Waals surface area (Å²) in [6.45, 7) is 4.82. The van der Waals surface area contributed by atoms with Crippen molar-refractivity contribution < 1.29 is 18.7 Å². The lowest BCUT2D eigenvalue weighted by molar-refractivity contribution is -0.150. The SMILES string of the molecule is CCOC(=O)C(C)(Cc1cccc(F)c1)NCCOC. The quantitative estimate of drug-likeness (QED) is 0.585. The molecule has 0 spiro atoms. The molecule has 1 atom stereocenters. The van der Waals surface area contributed by atoms with Crippen LogP contribution in [0.4, 0.5) is 4.39 Å². The van der Waals surface area contributed by atoms with Crippen molar-refractivity contribution in [2.45, 2.75) is 25.8 Å². The Morgan fingerprint density at radius 2 is 2.20 bits per heavy atom. The fourth-order valence-electron chi connectivity index (χ4n) is 1.98. The zero-order valence-corrected chi connectivity index (χ0v) is 12.2. The zero-order chi connectivity index (χ0) is 15.0. The fourth-order valence-corrected chi connectivity index (χ4v) is 1.98. The van der Waals surface area contributed by atoms with Crippen molar-refractivity contribution in [1.82, 2.24) is 5.32 Å². The first-order valence-corrected chi connectivity index (χ1v) is 6.67. The smallest absolute Gasteiger partial charge is 0.326 e. The maximum atomic E-state index is 13.2. The number of rotatable bonds is 8. The number of hydrogen-bond acceptors (Lipinski definition) is 4. The van der Waals surface area contributed by atoms with E-state index in [9.17, 15) is 9.18 Å². The van der Waals surface area contributed by atoms with Gasteiger partial charge in [0.2, 0.25) is 0 Å². The summed E-state index contributed by atoms with van der Waals surface area (Å²) in [7, 11) is 1.59. The molecular weight excluding hydrogens is 261 g/mol. The Bertz CT molecular complexity index is 439. The van der Waals surface area contributed by atoms with Gasteiger partial charge in [0, 0.05) is 20.1 Å². The minimum absolute atomic E-state index is 0.309. The topological polar surface area (TPSA) is 47.6 Å². The first-order valence-electron chi connectivity index (χ1n) is 6.67. The van der Waals surface area contributed by atoms with Crippen LogP contribution in [-0.2, 0) is 20.7 Å². The number of carbonyl (C=O) groups excluding carboxylic acids is 1. The molecule has 0 saturated carbocycles. The molecule has 0 saturated heterocycles. The van der Waals surface area contributed by atoms with E-state index in [2.05, 4.69) is 5.32 Å². The molecule has 0 aliphatic heterocycles. The second-order valence-corrected chi connectivity index (χ2v) is 4.78. The van der Waals surface area contributed by atoms with Gasteiger partial charge in [-0.25, -0.2) is 4.39 Å². The van der Waals surface area contributed by atoms with E-state index in [4.69, 9.17) is 9.47 Å². The first-order chi connectivity index (χ1) is 9.51. The van der Waals surface area contributed by atoms with E-state index in [1.807, 2.05) is 0 Å². The Labute approximate surface area is 119 Å². The summed E-state index contributed by atoms with van der Waals surface area (Å²) in [5.74, 6) is -0.661. The summed E-state index contributed by atoms with van der Waals surface area (Å²) in [6.07, 6.45) is 0.354. The summed E-state index contributed by atoms with van der Waals surface area (Å²) in [4.78, 5) is 12.1. The molecule has 0 aromatic heterocycles. The number of benzene rings is 1. The molecule has 1 rings (SSSR count). The molecule has 1 aromatic rings. The lowest BCUT2D eigenvalue weighted by atomic mass is 9.92. The third-order valence-corrected chi connectivity index (χ3v) is 2.99. The van der Waals surface area contributed by atoms with Crippen LogP contribution in [0.1, 0.15) is 19.4 Å². The van der Waals surface area contributed by atoms with Gasteiger partial charge >= 0.3 is 5.97 Å².